The lowest BCUT2D eigenvalue weighted by atomic mass is 9.57. The minimum absolute atomic E-state index is 0.0201. The number of benzene rings is 1. The Balaban J connectivity index is 1.69. The molecule has 1 aliphatic heterocycles. The highest BCUT2D eigenvalue weighted by Gasteiger charge is 2.52. The van der Waals surface area contributed by atoms with Crippen molar-refractivity contribution in [2.45, 2.75) is 57.0 Å². The molecule has 4 atom stereocenters. The van der Waals surface area contributed by atoms with Gasteiger partial charge in [0.25, 0.3) is 0 Å². The summed E-state index contributed by atoms with van der Waals surface area (Å²) in [6.45, 7) is 2.14. The van der Waals surface area contributed by atoms with Crippen molar-refractivity contribution in [3.8, 4) is 5.75 Å². The molecule has 1 saturated heterocycles. The number of carbonyl (C=O) groups excluding carboxylic acids is 1. The van der Waals surface area contributed by atoms with Crippen molar-refractivity contribution in [3.63, 3.8) is 0 Å². The summed E-state index contributed by atoms with van der Waals surface area (Å²) in [4.78, 5) is 11.7. The summed E-state index contributed by atoms with van der Waals surface area (Å²) >= 11 is 0. The Morgan fingerprint density at radius 3 is 2.95 bits per heavy atom. The molecule has 1 heterocycles. The van der Waals surface area contributed by atoms with E-state index in [-0.39, 0.29) is 11.6 Å². The topological polar surface area (TPSA) is 46.5 Å². The van der Waals surface area contributed by atoms with Gasteiger partial charge >= 0.3 is 5.97 Å². The average Bonchev–Trinajstić information content (AvgIpc) is 2.45. The molecule has 0 radical (unpaired) electrons. The SMILES string of the molecule is C[C@@]12CC[C@@H]3c4ccc(O)cc4CC[C@@H]3[C@@H]1CCC(=O)O2. The van der Waals surface area contributed by atoms with Crippen molar-refractivity contribution in [2.24, 2.45) is 11.8 Å². The largest absolute Gasteiger partial charge is 0.508 e. The fourth-order valence-corrected chi connectivity index (χ4v) is 5.09. The van der Waals surface area contributed by atoms with Gasteiger partial charge in [0.15, 0.2) is 0 Å². The highest BCUT2D eigenvalue weighted by atomic mass is 16.6. The Morgan fingerprint density at radius 2 is 2.10 bits per heavy atom. The van der Waals surface area contributed by atoms with Crippen molar-refractivity contribution < 1.29 is 14.6 Å². The maximum atomic E-state index is 11.7. The van der Waals surface area contributed by atoms with E-state index in [0.717, 1.165) is 32.1 Å². The van der Waals surface area contributed by atoms with E-state index in [1.54, 1.807) is 0 Å². The van der Waals surface area contributed by atoms with Crippen molar-refractivity contribution in [1.29, 1.82) is 0 Å². The fourth-order valence-electron chi connectivity index (χ4n) is 5.09. The van der Waals surface area contributed by atoms with Crippen LogP contribution in [0, 0.1) is 11.8 Å². The number of ether oxygens (including phenoxy) is 1. The highest BCUT2D eigenvalue weighted by molar-refractivity contribution is 5.71. The van der Waals surface area contributed by atoms with E-state index in [9.17, 15) is 9.90 Å². The predicted molar refractivity (Wildman–Crippen MR) is 79.1 cm³/mol. The first-order chi connectivity index (χ1) is 10.1. The van der Waals surface area contributed by atoms with E-state index in [1.165, 1.54) is 11.1 Å². The number of esters is 1. The van der Waals surface area contributed by atoms with Gasteiger partial charge in [-0.15, -0.1) is 0 Å². The van der Waals surface area contributed by atoms with Crippen LogP contribution in [0.15, 0.2) is 18.2 Å². The Bertz CT molecular complexity index is 594. The molecule has 2 aliphatic carbocycles. The smallest absolute Gasteiger partial charge is 0.306 e. The van der Waals surface area contributed by atoms with Gasteiger partial charge in [-0.25, -0.2) is 0 Å². The Labute approximate surface area is 125 Å². The maximum absolute atomic E-state index is 11.7. The van der Waals surface area contributed by atoms with Crippen molar-refractivity contribution >= 4 is 5.97 Å². The first-order valence-corrected chi connectivity index (χ1v) is 8.10. The molecule has 3 heteroatoms. The van der Waals surface area contributed by atoms with E-state index in [2.05, 4.69) is 13.0 Å². The summed E-state index contributed by atoms with van der Waals surface area (Å²) in [5.41, 5.74) is 2.49. The number of carbonyl (C=O) groups is 1. The average molecular weight is 286 g/mol. The van der Waals surface area contributed by atoms with Crippen LogP contribution in [0.25, 0.3) is 0 Å². The molecular weight excluding hydrogens is 264 g/mol. The summed E-state index contributed by atoms with van der Waals surface area (Å²) in [5.74, 6) is 2.04. The number of fused-ring (bicyclic) bond motifs is 5. The molecule has 1 N–H and O–H groups in total. The number of rotatable bonds is 0. The van der Waals surface area contributed by atoms with Crippen LogP contribution in [-0.2, 0) is 16.0 Å². The molecule has 21 heavy (non-hydrogen) atoms. The maximum Gasteiger partial charge on any atom is 0.306 e. The molecule has 3 aliphatic rings. The van der Waals surface area contributed by atoms with Crippen LogP contribution in [0.1, 0.15) is 56.1 Å². The van der Waals surface area contributed by atoms with E-state index < -0.39 is 0 Å². The van der Waals surface area contributed by atoms with Crippen LogP contribution in [0.4, 0.5) is 0 Å². The van der Waals surface area contributed by atoms with Crippen LogP contribution in [-0.4, -0.2) is 16.7 Å². The summed E-state index contributed by atoms with van der Waals surface area (Å²) < 4.78 is 5.75. The zero-order valence-corrected chi connectivity index (χ0v) is 12.5. The summed E-state index contributed by atoms with van der Waals surface area (Å²) in [5, 5.41) is 9.68. The Kier molecular flexibility index (Phi) is 2.82. The third-order valence-corrected chi connectivity index (χ3v) is 6.05. The number of aromatic hydroxyl groups is 1. The standard InChI is InChI=1S/C18H22O3/c1-18-9-8-14-13-5-3-12(19)10-11(13)2-4-15(14)16(18)6-7-17(20)21-18/h3,5,10,14-16,19H,2,4,6-9H2,1H3/t14-,15+,16+,18-/m1/s1. The van der Waals surface area contributed by atoms with Gasteiger partial charge in [0.2, 0.25) is 0 Å². The van der Waals surface area contributed by atoms with Gasteiger partial charge in [-0.3, -0.25) is 4.79 Å². The van der Waals surface area contributed by atoms with Gasteiger partial charge in [0.1, 0.15) is 11.4 Å². The first kappa shape index (κ1) is 13.2. The summed E-state index contributed by atoms with van der Waals surface area (Å²) in [6, 6.07) is 5.86. The lowest BCUT2D eigenvalue weighted by Crippen LogP contribution is -2.52. The normalized spacial score (nSPS) is 38.0. The Morgan fingerprint density at radius 1 is 1.24 bits per heavy atom. The molecule has 0 bridgehead atoms. The molecule has 1 aromatic carbocycles. The molecule has 0 aromatic heterocycles. The lowest BCUT2D eigenvalue weighted by Gasteiger charge is -2.53. The van der Waals surface area contributed by atoms with Crippen LogP contribution >= 0.6 is 0 Å². The van der Waals surface area contributed by atoms with Crippen molar-refractivity contribution in [2.75, 3.05) is 0 Å². The van der Waals surface area contributed by atoms with Gasteiger partial charge in [0, 0.05) is 12.3 Å². The van der Waals surface area contributed by atoms with Gasteiger partial charge in [-0.2, -0.15) is 0 Å². The molecule has 2 fully saturated rings. The number of phenolic OH excluding ortho intramolecular Hbond substituents is 1. The second kappa shape index (κ2) is 4.49. The van der Waals surface area contributed by atoms with Gasteiger partial charge in [-0.05, 0) is 74.1 Å². The van der Waals surface area contributed by atoms with Crippen LogP contribution in [0.3, 0.4) is 0 Å². The zero-order valence-electron chi connectivity index (χ0n) is 12.5. The van der Waals surface area contributed by atoms with Crippen LogP contribution in [0.2, 0.25) is 0 Å². The molecule has 1 saturated carbocycles. The molecule has 112 valence electrons. The lowest BCUT2D eigenvalue weighted by molar-refractivity contribution is -0.185. The van der Waals surface area contributed by atoms with Crippen LogP contribution in [0.5, 0.6) is 5.75 Å². The third-order valence-electron chi connectivity index (χ3n) is 6.05. The number of aryl methyl sites for hydroxylation is 1. The first-order valence-electron chi connectivity index (χ1n) is 8.10. The third kappa shape index (κ3) is 1.97. The molecule has 4 rings (SSSR count). The summed E-state index contributed by atoms with van der Waals surface area (Å²) in [7, 11) is 0. The van der Waals surface area contributed by atoms with E-state index in [0.29, 0.717) is 29.9 Å². The van der Waals surface area contributed by atoms with Crippen molar-refractivity contribution in [3.05, 3.63) is 29.3 Å². The fraction of sp³-hybridized carbons (Fsp3) is 0.611. The highest BCUT2D eigenvalue weighted by Crippen LogP contribution is 2.55. The van der Waals surface area contributed by atoms with Crippen LogP contribution < -0.4 is 0 Å². The minimum atomic E-state index is -0.245. The summed E-state index contributed by atoms with van der Waals surface area (Å²) in [6.07, 6.45) is 5.79. The minimum Gasteiger partial charge on any atom is -0.508 e. The zero-order chi connectivity index (χ0) is 14.6. The predicted octanol–water partition coefficient (Wildman–Crippen LogP) is 3.54. The molecule has 1 aromatic rings. The number of hydrogen-bond donors (Lipinski definition) is 1. The quantitative estimate of drug-likeness (QED) is 0.742. The van der Waals surface area contributed by atoms with E-state index >= 15 is 0 Å². The molecular formula is C18H22O3. The molecule has 0 amide bonds. The molecule has 3 nitrogen and oxygen atoms in total. The number of phenols is 1. The van der Waals surface area contributed by atoms with Crippen molar-refractivity contribution in [1.82, 2.24) is 0 Å². The van der Waals surface area contributed by atoms with Gasteiger partial charge < -0.3 is 9.84 Å². The second-order valence-corrected chi connectivity index (χ2v) is 7.16. The van der Waals surface area contributed by atoms with E-state index in [1.807, 2.05) is 12.1 Å². The second-order valence-electron chi connectivity index (χ2n) is 7.16. The Hall–Kier alpha value is -1.51. The van der Waals surface area contributed by atoms with E-state index in [4.69, 9.17) is 4.74 Å². The molecule has 0 spiro atoms. The molecule has 0 unspecified atom stereocenters. The monoisotopic (exact) mass is 286 g/mol. The number of hydrogen-bond acceptors (Lipinski definition) is 3. The van der Waals surface area contributed by atoms with Gasteiger partial charge in [-0.1, -0.05) is 6.07 Å². The van der Waals surface area contributed by atoms with Gasteiger partial charge in [0.05, 0.1) is 0 Å².